The number of hydrogen-bond donors (Lipinski definition) is 0. The number of allylic oxidation sites excluding steroid dienone is 2. The average molecular weight is 831 g/mol. The number of benzene rings is 7. The summed E-state index contributed by atoms with van der Waals surface area (Å²) in [6.07, 6.45) is 11.8. The Morgan fingerprint density at radius 2 is 1.17 bits per heavy atom. The van der Waals surface area contributed by atoms with E-state index in [1.54, 1.807) is 0 Å². The molecule has 0 radical (unpaired) electrons. The number of nitrogens with zero attached hydrogens (tertiary/aromatic N) is 2. The van der Waals surface area contributed by atoms with Gasteiger partial charge in [-0.1, -0.05) is 172 Å². The summed E-state index contributed by atoms with van der Waals surface area (Å²) in [5.41, 5.74) is 19.8. The van der Waals surface area contributed by atoms with Crippen LogP contribution in [0.2, 0.25) is 0 Å². The molecular weight excluding hydrogens is 773 g/mol. The van der Waals surface area contributed by atoms with Crippen LogP contribution >= 0.6 is 0 Å². The summed E-state index contributed by atoms with van der Waals surface area (Å²) >= 11 is 0. The van der Waals surface area contributed by atoms with E-state index in [2.05, 4.69) is 252 Å². The molecule has 0 bridgehead atoms. The van der Waals surface area contributed by atoms with Crippen molar-refractivity contribution in [1.29, 1.82) is 0 Å². The molecule has 2 heterocycles. The Morgan fingerprint density at radius 3 is 1.86 bits per heavy atom. The van der Waals surface area contributed by atoms with E-state index in [4.69, 9.17) is 0 Å². The van der Waals surface area contributed by atoms with Crippen molar-refractivity contribution in [3.8, 4) is 22.5 Å². The highest BCUT2D eigenvalue weighted by atomic mass is 15.0. The molecule has 0 amide bonds. The van der Waals surface area contributed by atoms with Crippen molar-refractivity contribution in [2.24, 2.45) is 5.92 Å². The van der Waals surface area contributed by atoms with Crippen molar-refractivity contribution in [3.63, 3.8) is 0 Å². The van der Waals surface area contributed by atoms with Crippen LogP contribution in [0.15, 0.2) is 183 Å². The van der Waals surface area contributed by atoms with E-state index in [-0.39, 0.29) is 0 Å². The van der Waals surface area contributed by atoms with Gasteiger partial charge in [-0.2, -0.15) is 0 Å². The fraction of sp³-hybridized carbons (Fsp3) is 0.161. The van der Waals surface area contributed by atoms with Crippen LogP contribution in [-0.4, -0.2) is 9.13 Å². The molecule has 0 aliphatic heterocycles. The molecule has 0 spiro atoms. The number of hydrogen-bond acceptors (Lipinski definition) is 0. The van der Waals surface area contributed by atoms with E-state index in [0.29, 0.717) is 5.92 Å². The summed E-state index contributed by atoms with van der Waals surface area (Å²) in [5.74, 6) is 0.575. The lowest BCUT2D eigenvalue weighted by Crippen LogP contribution is -2.32. The van der Waals surface area contributed by atoms with Gasteiger partial charge < -0.3 is 9.13 Å². The summed E-state index contributed by atoms with van der Waals surface area (Å²) < 4.78 is 4.91. The van der Waals surface area contributed by atoms with Gasteiger partial charge in [0.1, 0.15) is 0 Å². The van der Waals surface area contributed by atoms with Crippen molar-refractivity contribution >= 4 is 40.0 Å². The van der Waals surface area contributed by atoms with Gasteiger partial charge in [-0.3, -0.25) is 0 Å². The highest BCUT2D eigenvalue weighted by Crippen LogP contribution is 2.48. The van der Waals surface area contributed by atoms with Gasteiger partial charge in [-0.25, -0.2) is 0 Å². The number of rotatable bonds is 12. The monoisotopic (exact) mass is 830 g/mol. The number of fused-ring (bicyclic) bond motifs is 2. The summed E-state index contributed by atoms with van der Waals surface area (Å²) in [4.78, 5) is 0. The van der Waals surface area contributed by atoms with Crippen LogP contribution in [0, 0.1) is 26.7 Å². The average Bonchev–Trinajstić information content (AvgIpc) is 3.78. The smallest absolute Gasteiger partial charge is 0.0704 e. The predicted octanol–water partition coefficient (Wildman–Crippen LogP) is 16.5. The largest absolute Gasteiger partial charge is 0.310 e. The molecule has 1 atom stereocenters. The second-order valence-electron chi connectivity index (χ2n) is 17.7. The first-order valence-electron chi connectivity index (χ1n) is 22.8. The summed E-state index contributed by atoms with van der Waals surface area (Å²) in [6.45, 7) is 19.9. The molecule has 0 fully saturated rings. The molecule has 2 heteroatoms. The Hall–Kier alpha value is -7.16. The van der Waals surface area contributed by atoms with Crippen LogP contribution in [0.5, 0.6) is 0 Å². The molecule has 9 aromatic rings. The van der Waals surface area contributed by atoms with Crippen LogP contribution in [-0.2, 0) is 11.8 Å². The zero-order chi connectivity index (χ0) is 44.5. The molecule has 2 aromatic heterocycles. The number of aryl methyl sites for hydroxylation is 2. The van der Waals surface area contributed by atoms with Gasteiger partial charge in [-0.15, -0.1) is 0 Å². The van der Waals surface area contributed by atoms with Gasteiger partial charge in [0.05, 0.1) is 27.8 Å². The topological polar surface area (TPSA) is 9.86 Å². The van der Waals surface area contributed by atoms with Gasteiger partial charge in [0.15, 0.2) is 0 Å². The lowest BCUT2D eigenvalue weighted by molar-refractivity contribution is 0.646. The Labute approximate surface area is 380 Å². The minimum absolute atomic E-state index is 0.575. The minimum atomic E-state index is -0.602. The molecule has 0 saturated carbocycles. The van der Waals surface area contributed by atoms with Gasteiger partial charge in [0.2, 0.25) is 0 Å². The molecule has 64 heavy (non-hydrogen) atoms. The maximum absolute atomic E-state index is 4.32. The van der Waals surface area contributed by atoms with Crippen molar-refractivity contribution in [1.82, 2.24) is 9.13 Å². The Kier molecular flexibility index (Phi) is 11.6. The molecule has 316 valence electrons. The lowest BCUT2D eigenvalue weighted by atomic mass is 9.63. The van der Waals surface area contributed by atoms with Crippen molar-refractivity contribution in [2.45, 2.75) is 60.3 Å². The van der Waals surface area contributed by atoms with Gasteiger partial charge in [0, 0.05) is 27.7 Å². The second kappa shape index (κ2) is 17.5. The van der Waals surface area contributed by atoms with Crippen LogP contribution in [0.1, 0.15) is 89.2 Å². The van der Waals surface area contributed by atoms with Crippen LogP contribution in [0.25, 0.3) is 62.5 Å². The summed E-state index contributed by atoms with van der Waals surface area (Å²) in [7, 11) is 0. The first-order chi connectivity index (χ1) is 31.2. The van der Waals surface area contributed by atoms with Crippen LogP contribution in [0.3, 0.4) is 0 Å². The summed E-state index contributed by atoms with van der Waals surface area (Å²) in [5, 5.41) is 2.43. The van der Waals surface area contributed by atoms with Crippen molar-refractivity contribution in [3.05, 3.63) is 244 Å². The number of para-hydroxylation sites is 2. The fourth-order valence-corrected chi connectivity index (χ4v) is 10.4. The maximum Gasteiger partial charge on any atom is 0.0704 e. The quantitative estimate of drug-likeness (QED) is 0.109. The Bertz CT molecular complexity index is 3220. The third-order valence-corrected chi connectivity index (χ3v) is 13.2. The first kappa shape index (κ1) is 42.2. The third kappa shape index (κ3) is 7.08. The fourth-order valence-electron chi connectivity index (χ4n) is 10.4. The van der Waals surface area contributed by atoms with E-state index >= 15 is 0 Å². The molecule has 0 aliphatic carbocycles. The second-order valence-corrected chi connectivity index (χ2v) is 17.7. The van der Waals surface area contributed by atoms with E-state index in [0.717, 1.165) is 40.1 Å². The Morgan fingerprint density at radius 1 is 0.562 bits per heavy atom. The maximum atomic E-state index is 4.32. The highest BCUT2D eigenvalue weighted by Gasteiger charge is 2.39. The van der Waals surface area contributed by atoms with Crippen molar-refractivity contribution < 1.29 is 0 Å². The molecule has 1 unspecified atom stereocenters. The molecule has 2 nitrogen and oxygen atoms in total. The normalized spacial score (nSPS) is 12.9. The zero-order valence-electron chi connectivity index (χ0n) is 38.4. The van der Waals surface area contributed by atoms with Gasteiger partial charge in [-0.05, 0) is 145 Å². The van der Waals surface area contributed by atoms with E-state index in [9.17, 15) is 0 Å². The zero-order valence-corrected chi connectivity index (χ0v) is 38.4. The molecular formula is C62H58N2. The molecule has 0 aliphatic rings. The van der Waals surface area contributed by atoms with Crippen molar-refractivity contribution in [2.75, 3.05) is 0 Å². The SMILES string of the molecule is C=Cc1c(/C=C\C)n(-c2cc(-n3c(/C=C\C)c(C)c4ccccc43)cc(-c3cccc(C(c4ccccc4)(c4ccc(CC(C)C)cc4)c4ccccc4C)c3)c2C)c2ccccc12. The molecule has 7 aromatic carbocycles. The first-order valence-corrected chi connectivity index (χ1v) is 22.8. The molecule has 0 N–H and O–H groups in total. The molecule has 0 saturated heterocycles. The van der Waals surface area contributed by atoms with E-state index in [1.165, 1.54) is 72.1 Å². The van der Waals surface area contributed by atoms with E-state index < -0.39 is 5.41 Å². The van der Waals surface area contributed by atoms with Crippen LogP contribution in [0.4, 0.5) is 0 Å². The number of aromatic nitrogens is 2. The Balaban J connectivity index is 1.39. The predicted molar refractivity (Wildman–Crippen MR) is 276 cm³/mol. The minimum Gasteiger partial charge on any atom is -0.310 e. The lowest BCUT2D eigenvalue weighted by Gasteiger charge is -2.38. The van der Waals surface area contributed by atoms with E-state index in [1.807, 2.05) is 6.08 Å². The summed E-state index contributed by atoms with van der Waals surface area (Å²) in [6, 6.07) is 61.3. The standard InChI is InChI=1S/C62H58N2/c1-9-22-57-44(7)53-29-16-19-32-59(53)63(57)51-40-55(45(8)61(41-51)64-58(23-10-2)52(11-3)54-30-17-20-33-60(54)64)47-25-21-28-50(39-47)62(48-26-13-12-14-27-48,56-31-18-15-24-43(56)6)49-36-34-46(35-37-49)38-42(4)5/h9-37,39-42H,3,38H2,1-2,4-8H3/b22-9-,23-10-. The van der Waals surface area contributed by atoms with Gasteiger partial charge in [0.25, 0.3) is 0 Å². The van der Waals surface area contributed by atoms with Gasteiger partial charge >= 0.3 is 0 Å². The molecule has 9 rings (SSSR count). The highest BCUT2D eigenvalue weighted by molar-refractivity contribution is 5.96. The van der Waals surface area contributed by atoms with Crippen LogP contribution < -0.4 is 0 Å². The third-order valence-electron chi connectivity index (χ3n) is 13.2.